The van der Waals surface area contributed by atoms with E-state index in [4.69, 9.17) is 0 Å². The molecule has 2 atom stereocenters. The van der Waals surface area contributed by atoms with Gasteiger partial charge in [-0.25, -0.2) is 8.42 Å². The molecule has 0 unspecified atom stereocenters. The molecule has 1 amide bonds. The van der Waals surface area contributed by atoms with Crippen LogP contribution >= 0.6 is 0 Å². The molecule has 0 heterocycles. The average molecular weight is 468 g/mol. The molecule has 6 rings (SSSR count). The number of amides is 1. The van der Waals surface area contributed by atoms with Crippen LogP contribution in [-0.2, 0) is 14.6 Å². The highest BCUT2D eigenvalue weighted by atomic mass is 32.2. The lowest BCUT2D eigenvalue weighted by Crippen LogP contribution is -2.53. The lowest BCUT2D eigenvalue weighted by atomic mass is 9.49. The molecule has 4 saturated carbocycles. The van der Waals surface area contributed by atoms with Gasteiger partial charge in [0.15, 0.2) is 9.84 Å². The number of hydrogen-bond acceptors (Lipinski definition) is 4. The Balaban J connectivity index is 1.34. The van der Waals surface area contributed by atoms with Gasteiger partial charge in [0.05, 0.1) is 22.8 Å². The van der Waals surface area contributed by atoms with Gasteiger partial charge in [-0.1, -0.05) is 48.5 Å². The minimum atomic E-state index is -3.77. The molecule has 4 bridgehead atoms. The van der Waals surface area contributed by atoms with Crippen molar-refractivity contribution in [1.29, 1.82) is 0 Å². The highest BCUT2D eigenvalue weighted by molar-refractivity contribution is 7.91. The van der Waals surface area contributed by atoms with Gasteiger partial charge in [0.25, 0.3) is 0 Å². The lowest BCUT2D eigenvalue weighted by molar-refractivity contribution is -0.147. The summed E-state index contributed by atoms with van der Waals surface area (Å²) >= 11 is 0. The molecule has 4 fully saturated rings. The van der Waals surface area contributed by atoms with Crippen LogP contribution in [0.1, 0.15) is 68.7 Å². The van der Waals surface area contributed by atoms with Crippen molar-refractivity contribution in [2.45, 2.75) is 62.5 Å². The van der Waals surface area contributed by atoms with E-state index in [-0.39, 0.29) is 16.2 Å². The highest BCUT2D eigenvalue weighted by Crippen LogP contribution is 2.60. The van der Waals surface area contributed by atoms with Crippen LogP contribution in [0.15, 0.2) is 59.5 Å². The predicted molar refractivity (Wildman–Crippen MR) is 127 cm³/mol. The summed E-state index contributed by atoms with van der Waals surface area (Å²) in [5.74, 6) is 1.70. The maximum Gasteiger partial charge on any atom is 0.226 e. The zero-order chi connectivity index (χ0) is 23.2. The van der Waals surface area contributed by atoms with Gasteiger partial charge in [0.1, 0.15) is 0 Å². The number of aliphatic hydroxyl groups excluding tert-OH is 1. The van der Waals surface area contributed by atoms with E-state index >= 15 is 0 Å². The maximum absolute atomic E-state index is 13.5. The van der Waals surface area contributed by atoms with E-state index in [1.54, 1.807) is 48.5 Å². The van der Waals surface area contributed by atoms with Crippen LogP contribution in [0.2, 0.25) is 0 Å². The molecule has 2 N–H and O–H groups in total. The molecule has 33 heavy (non-hydrogen) atoms. The zero-order valence-corrected chi connectivity index (χ0v) is 19.9. The van der Waals surface area contributed by atoms with Crippen molar-refractivity contribution < 1.29 is 18.3 Å². The Bertz CT molecular complexity index is 1090. The van der Waals surface area contributed by atoms with Gasteiger partial charge >= 0.3 is 0 Å². The summed E-state index contributed by atoms with van der Waals surface area (Å²) < 4.78 is 26.6. The van der Waals surface area contributed by atoms with Crippen LogP contribution in [-0.4, -0.2) is 25.2 Å². The third-order valence-corrected chi connectivity index (χ3v) is 9.95. The van der Waals surface area contributed by atoms with Gasteiger partial charge in [-0.2, -0.15) is 0 Å². The molecular weight excluding hydrogens is 434 g/mol. The first-order valence-corrected chi connectivity index (χ1v) is 13.8. The number of carbonyl (C=O) groups excluding carboxylic acids is 1. The maximum atomic E-state index is 13.5. The Kier molecular flexibility index (Phi) is 5.86. The van der Waals surface area contributed by atoms with Crippen molar-refractivity contribution >= 4 is 15.7 Å². The van der Waals surface area contributed by atoms with Gasteiger partial charge in [-0.3, -0.25) is 4.79 Å². The van der Waals surface area contributed by atoms with Crippen LogP contribution in [0.5, 0.6) is 0 Å². The van der Waals surface area contributed by atoms with Crippen LogP contribution in [0.4, 0.5) is 0 Å². The number of aliphatic hydroxyl groups is 1. The first kappa shape index (κ1) is 22.6. The van der Waals surface area contributed by atoms with Crippen LogP contribution in [0.3, 0.4) is 0 Å². The molecule has 0 aliphatic heterocycles. The number of sulfone groups is 1. The zero-order valence-electron chi connectivity index (χ0n) is 19.1. The Morgan fingerprint density at radius 2 is 1.52 bits per heavy atom. The second-order valence-corrected chi connectivity index (χ2v) is 12.6. The molecule has 176 valence electrons. The summed E-state index contributed by atoms with van der Waals surface area (Å²) in [6.45, 7) is 1.86. The number of hydrogen-bond donors (Lipinski definition) is 2. The predicted octanol–water partition coefficient (Wildman–Crippen LogP) is 4.59. The van der Waals surface area contributed by atoms with Crippen LogP contribution in [0.25, 0.3) is 0 Å². The van der Waals surface area contributed by atoms with Gasteiger partial charge < -0.3 is 10.4 Å². The summed E-state index contributed by atoms with van der Waals surface area (Å²) in [6.07, 6.45) is 5.62. The monoisotopic (exact) mass is 467 g/mol. The molecule has 2 aromatic rings. The summed E-state index contributed by atoms with van der Waals surface area (Å²) in [5.41, 5.74) is 0.873. The molecule has 4 aliphatic carbocycles. The molecule has 0 saturated heterocycles. The second kappa shape index (κ2) is 8.55. The second-order valence-electron chi connectivity index (χ2n) is 10.6. The SMILES string of the molecule is C[C@@H](NC(=O)C12CC3CC(CC(C3)C1)C2)c1ccccc1S(=O)(=O)C[C@@H](O)c1ccccc1. The highest BCUT2D eigenvalue weighted by Gasteiger charge is 2.54. The Morgan fingerprint density at radius 1 is 0.970 bits per heavy atom. The normalized spacial score (nSPS) is 30.1. The van der Waals surface area contributed by atoms with Crippen molar-refractivity contribution in [3.63, 3.8) is 0 Å². The van der Waals surface area contributed by atoms with Gasteiger partial charge in [0, 0.05) is 5.41 Å². The smallest absolute Gasteiger partial charge is 0.226 e. The standard InChI is InChI=1S/C27H33NO4S/c1-18(28-26(30)27-14-19-11-20(15-27)13-21(12-19)16-27)23-9-5-6-10-25(23)33(31,32)17-24(29)22-7-3-2-4-8-22/h2-10,18-21,24,29H,11-17H2,1H3,(H,28,30)/t18-,19?,20?,21?,24-,27?/m1/s1. The van der Waals surface area contributed by atoms with E-state index in [1.165, 1.54) is 19.3 Å². The van der Waals surface area contributed by atoms with E-state index in [0.717, 1.165) is 19.3 Å². The van der Waals surface area contributed by atoms with E-state index < -0.39 is 27.7 Å². The molecule has 0 aromatic heterocycles. The quantitative estimate of drug-likeness (QED) is 0.624. The first-order valence-electron chi connectivity index (χ1n) is 12.1. The number of carbonyl (C=O) groups is 1. The fourth-order valence-electron chi connectivity index (χ4n) is 7.01. The van der Waals surface area contributed by atoms with Gasteiger partial charge in [-0.15, -0.1) is 0 Å². The van der Waals surface area contributed by atoms with Gasteiger partial charge in [-0.05, 0) is 80.4 Å². The summed E-state index contributed by atoms with van der Waals surface area (Å²) in [6, 6.07) is 15.2. The number of nitrogens with one attached hydrogen (secondary N) is 1. The first-order chi connectivity index (χ1) is 15.8. The van der Waals surface area contributed by atoms with Crippen LogP contribution in [0, 0.1) is 23.2 Å². The molecule has 0 radical (unpaired) electrons. The Labute approximate surface area is 196 Å². The molecule has 2 aromatic carbocycles. The number of benzene rings is 2. The molecule has 0 spiro atoms. The topological polar surface area (TPSA) is 83.5 Å². The van der Waals surface area contributed by atoms with E-state index in [1.807, 2.05) is 13.0 Å². The minimum Gasteiger partial charge on any atom is -0.387 e. The molecule has 4 aliphatic rings. The third-order valence-electron chi connectivity index (χ3n) is 8.15. The van der Waals surface area contributed by atoms with Crippen molar-refractivity contribution in [3.8, 4) is 0 Å². The van der Waals surface area contributed by atoms with Gasteiger partial charge in [0.2, 0.25) is 5.91 Å². The van der Waals surface area contributed by atoms with Crippen molar-refractivity contribution in [1.82, 2.24) is 5.32 Å². The molecule has 5 nitrogen and oxygen atoms in total. The summed E-state index contributed by atoms with van der Waals surface area (Å²) in [4.78, 5) is 13.7. The van der Waals surface area contributed by atoms with Crippen molar-refractivity contribution in [2.75, 3.05) is 5.75 Å². The van der Waals surface area contributed by atoms with E-state index in [0.29, 0.717) is 28.9 Å². The minimum absolute atomic E-state index is 0.0885. The van der Waals surface area contributed by atoms with E-state index in [9.17, 15) is 18.3 Å². The lowest BCUT2D eigenvalue weighted by Gasteiger charge is -2.55. The van der Waals surface area contributed by atoms with E-state index in [2.05, 4.69) is 5.32 Å². The van der Waals surface area contributed by atoms with Crippen molar-refractivity contribution in [2.24, 2.45) is 23.2 Å². The Morgan fingerprint density at radius 3 is 2.12 bits per heavy atom. The summed E-state index contributed by atoms with van der Waals surface area (Å²) in [5, 5.41) is 13.7. The number of rotatable bonds is 7. The fraction of sp³-hybridized carbons (Fsp3) is 0.519. The average Bonchev–Trinajstić information content (AvgIpc) is 2.78. The largest absolute Gasteiger partial charge is 0.387 e. The Hall–Kier alpha value is -2.18. The van der Waals surface area contributed by atoms with Crippen LogP contribution < -0.4 is 5.32 Å². The summed E-state index contributed by atoms with van der Waals surface area (Å²) in [7, 11) is -3.77. The third kappa shape index (κ3) is 4.35. The fourth-order valence-corrected chi connectivity index (χ4v) is 8.68. The molecule has 6 heteroatoms. The van der Waals surface area contributed by atoms with Crippen molar-refractivity contribution in [3.05, 3.63) is 65.7 Å². The molecular formula is C27H33NO4S.